The maximum Gasteiger partial charge on any atom is 0.334 e. The monoisotopic (exact) mass is 218 g/mol. The number of hydrogen-bond acceptors (Lipinski definition) is 4. The number of hydrogen-bond donors (Lipinski definition) is 0. The molecule has 5 heteroatoms. The quantitative estimate of drug-likeness (QED) is 0.513. The standard InChI is InChI=1S/C9H14O4S/c1-7(2)9(10)13-8-5-3-4-6-14(8,11)12/h8H,1,3-6H2,2H3. The smallest absolute Gasteiger partial charge is 0.334 e. The molecule has 0 bridgehead atoms. The SMILES string of the molecule is C=C(C)C(=O)OC1CCCCS1(=O)=O. The van der Waals surface area contributed by atoms with E-state index in [0.717, 1.165) is 6.42 Å². The maximum absolute atomic E-state index is 11.4. The number of ether oxygens (including phenoxy) is 1. The van der Waals surface area contributed by atoms with E-state index in [2.05, 4.69) is 6.58 Å². The summed E-state index contributed by atoms with van der Waals surface area (Å²) in [6.07, 6.45) is 1.85. The molecule has 4 nitrogen and oxygen atoms in total. The van der Waals surface area contributed by atoms with Gasteiger partial charge in [-0.3, -0.25) is 0 Å². The van der Waals surface area contributed by atoms with Gasteiger partial charge in [-0.1, -0.05) is 6.58 Å². The Labute approximate surface area is 83.9 Å². The third-order valence-electron chi connectivity index (χ3n) is 2.11. The average Bonchev–Trinajstić information content (AvgIpc) is 2.08. The van der Waals surface area contributed by atoms with E-state index in [-0.39, 0.29) is 11.3 Å². The van der Waals surface area contributed by atoms with Crippen LogP contribution < -0.4 is 0 Å². The number of sulfone groups is 1. The Morgan fingerprint density at radius 2 is 2.07 bits per heavy atom. The molecule has 1 aliphatic rings. The van der Waals surface area contributed by atoms with Crippen LogP contribution in [0.2, 0.25) is 0 Å². The molecule has 0 aliphatic carbocycles. The molecular formula is C9H14O4S. The zero-order chi connectivity index (χ0) is 10.8. The van der Waals surface area contributed by atoms with Gasteiger partial charge in [0.15, 0.2) is 9.84 Å². The molecule has 1 fully saturated rings. The molecule has 0 aromatic carbocycles. The summed E-state index contributed by atoms with van der Waals surface area (Å²) in [7, 11) is -3.24. The largest absolute Gasteiger partial charge is 0.443 e. The lowest BCUT2D eigenvalue weighted by Gasteiger charge is -2.22. The van der Waals surface area contributed by atoms with E-state index in [9.17, 15) is 13.2 Å². The first-order chi connectivity index (χ1) is 6.43. The number of rotatable bonds is 2. The van der Waals surface area contributed by atoms with Gasteiger partial charge in [0.05, 0.1) is 5.75 Å². The lowest BCUT2D eigenvalue weighted by molar-refractivity contribution is -0.141. The Balaban J connectivity index is 2.68. The van der Waals surface area contributed by atoms with Crippen molar-refractivity contribution in [2.45, 2.75) is 31.6 Å². The first-order valence-electron chi connectivity index (χ1n) is 4.51. The van der Waals surface area contributed by atoms with E-state index in [1.807, 2.05) is 0 Å². The Hall–Kier alpha value is -0.840. The van der Waals surface area contributed by atoms with Gasteiger partial charge in [0.25, 0.3) is 0 Å². The second kappa shape index (κ2) is 4.13. The lowest BCUT2D eigenvalue weighted by atomic mass is 10.2. The van der Waals surface area contributed by atoms with Gasteiger partial charge < -0.3 is 4.74 Å². The van der Waals surface area contributed by atoms with Crippen molar-refractivity contribution >= 4 is 15.8 Å². The molecule has 80 valence electrons. The molecule has 1 rings (SSSR count). The summed E-state index contributed by atoms with van der Waals surface area (Å²) < 4.78 is 27.7. The highest BCUT2D eigenvalue weighted by Crippen LogP contribution is 2.21. The van der Waals surface area contributed by atoms with Crippen molar-refractivity contribution in [3.8, 4) is 0 Å². The molecule has 0 radical (unpaired) electrons. The van der Waals surface area contributed by atoms with E-state index in [0.29, 0.717) is 12.8 Å². The second-order valence-electron chi connectivity index (χ2n) is 3.48. The zero-order valence-corrected chi connectivity index (χ0v) is 8.97. The predicted octanol–water partition coefficient (Wildman–Crippen LogP) is 1.03. The summed E-state index contributed by atoms with van der Waals surface area (Å²) in [6.45, 7) is 4.90. The summed E-state index contributed by atoms with van der Waals surface area (Å²) in [5.74, 6) is -0.512. The van der Waals surface area contributed by atoms with Crippen LogP contribution in [0, 0.1) is 0 Å². The van der Waals surface area contributed by atoms with Gasteiger partial charge in [-0.2, -0.15) is 0 Å². The minimum atomic E-state index is -3.24. The van der Waals surface area contributed by atoms with Crippen LogP contribution in [0.15, 0.2) is 12.2 Å². The molecule has 14 heavy (non-hydrogen) atoms. The molecule has 1 saturated heterocycles. The average molecular weight is 218 g/mol. The molecular weight excluding hydrogens is 204 g/mol. The Kier molecular flexibility index (Phi) is 3.31. The Bertz CT molecular complexity index is 342. The minimum Gasteiger partial charge on any atom is -0.443 e. The van der Waals surface area contributed by atoms with Gasteiger partial charge in [0.2, 0.25) is 5.44 Å². The van der Waals surface area contributed by atoms with Crippen molar-refractivity contribution in [3.63, 3.8) is 0 Å². The van der Waals surface area contributed by atoms with Crippen LogP contribution in [0.3, 0.4) is 0 Å². The molecule has 1 heterocycles. The van der Waals surface area contributed by atoms with E-state index in [1.54, 1.807) is 0 Å². The number of carbonyl (C=O) groups is 1. The van der Waals surface area contributed by atoms with Crippen molar-refractivity contribution in [2.75, 3.05) is 5.75 Å². The van der Waals surface area contributed by atoms with Crippen LogP contribution in [0.4, 0.5) is 0 Å². The van der Waals surface area contributed by atoms with Gasteiger partial charge in [0, 0.05) is 5.57 Å². The summed E-state index contributed by atoms with van der Waals surface area (Å²) in [5, 5.41) is 0. The van der Waals surface area contributed by atoms with Crippen LogP contribution >= 0.6 is 0 Å². The fourth-order valence-corrected chi connectivity index (χ4v) is 2.91. The number of esters is 1. The Morgan fingerprint density at radius 1 is 1.43 bits per heavy atom. The first-order valence-corrected chi connectivity index (χ1v) is 6.23. The minimum absolute atomic E-state index is 0.112. The maximum atomic E-state index is 11.4. The molecule has 0 spiro atoms. The first kappa shape index (κ1) is 11.2. The highest BCUT2D eigenvalue weighted by atomic mass is 32.2. The third kappa shape index (κ3) is 2.57. The van der Waals surface area contributed by atoms with Crippen LogP contribution in [0.1, 0.15) is 26.2 Å². The van der Waals surface area contributed by atoms with Gasteiger partial charge in [-0.05, 0) is 26.2 Å². The molecule has 1 atom stereocenters. The van der Waals surface area contributed by atoms with E-state index in [4.69, 9.17) is 4.74 Å². The van der Waals surface area contributed by atoms with Gasteiger partial charge in [-0.25, -0.2) is 13.2 Å². The summed E-state index contributed by atoms with van der Waals surface area (Å²) in [4.78, 5) is 11.1. The van der Waals surface area contributed by atoms with E-state index < -0.39 is 21.2 Å². The van der Waals surface area contributed by atoms with Gasteiger partial charge in [-0.15, -0.1) is 0 Å². The predicted molar refractivity (Wildman–Crippen MR) is 52.3 cm³/mol. The molecule has 0 aromatic heterocycles. The van der Waals surface area contributed by atoms with Crippen molar-refractivity contribution < 1.29 is 17.9 Å². The Morgan fingerprint density at radius 3 is 2.57 bits per heavy atom. The van der Waals surface area contributed by atoms with Crippen LogP contribution in [0.25, 0.3) is 0 Å². The van der Waals surface area contributed by atoms with E-state index in [1.165, 1.54) is 6.92 Å². The highest BCUT2D eigenvalue weighted by Gasteiger charge is 2.31. The van der Waals surface area contributed by atoms with Crippen molar-refractivity contribution in [2.24, 2.45) is 0 Å². The van der Waals surface area contributed by atoms with Crippen molar-refractivity contribution in [1.29, 1.82) is 0 Å². The summed E-state index contributed by atoms with van der Waals surface area (Å²) in [5.41, 5.74) is -0.730. The summed E-state index contributed by atoms with van der Waals surface area (Å²) in [6, 6.07) is 0. The highest BCUT2D eigenvalue weighted by molar-refractivity contribution is 7.91. The van der Waals surface area contributed by atoms with Crippen LogP contribution in [-0.4, -0.2) is 25.6 Å². The fraction of sp³-hybridized carbons (Fsp3) is 0.667. The van der Waals surface area contributed by atoms with Crippen LogP contribution in [-0.2, 0) is 19.4 Å². The second-order valence-corrected chi connectivity index (χ2v) is 5.74. The zero-order valence-electron chi connectivity index (χ0n) is 8.15. The number of carbonyl (C=O) groups excluding carboxylic acids is 1. The lowest BCUT2D eigenvalue weighted by Crippen LogP contribution is -2.32. The van der Waals surface area contributed by atoms with Gasteiger partial charge in [0.1, 0.15) is 0 Å². The molecule has 0 amide bonds. The molecule has 1 aliphatic heterocycles. The fourth-order valence-electron chi connectivity index (χ4n) is 1.28. The van der Waals surface area contributed by atoms with E-state index >= 15 is 0 Å². The van der Waals surface area contributed by atoms with Crippen molar-refractivity contribution in [1.82, 2.24) is 0 Å². The summed E-state index contributed by atoms with van der Waals surface area (Å²) >= 11 is 0. The molecule has 1 unspecified atom stereocenters. The van der Waals surface area contributed by atoms with Gasteiger partial charge >= 0.3 is 5.97 Å². The molecule has 0 saturated carbocycles. The van der Waals surface area contributed by atoms with Crippen molar-refractivity contribution in [3.05, 3.63) is 12.2 Å². The molecule has 0 N–H and O–H groups in total. The normalized spacial score (nSPS) is 25.4. The third-order valence-corrected chi connectivity index (χ3v) is 4.10. The topological polar surface area (TPSA) is 60.4 Å². The molecule has 0 aromatic rings. The van der Waals surface area contributed by atoms with Crippen LogP contribution in [0.5, 0.6) is 0 Å².